The van der Waals surface area contributed by atoms with Crippen LogP contribution in [0.25, 0.3) is 0 Å². The van der Waals surface area contributed by atoms with E-state index in [0.717, 1.165) is 36.1 Å². The lowest BCUT2D eigenvalue weighted by Crippen LogP contribution is -2.39. The molecule has 2 aromatic rings. The first kappa shape index (κ1) is 19.4. The van der Waals surface area contributed by atoms with Gasteiger partial charge in [0.05, 0.1) is 19.1 Å². The van der Waals surface area contributed by atoms with Crippen molar-refractivity contribution in [1.29, 1.82) is 0 Å². The van der Waals surface area contributed by atoms with Gasteiger partial charge >= 0.3 is 5.97 Å². The van der Waals surface area contributed by atoms with E-state index in [1.165, 1.54) is 12.1 Å². The van der Waals surface area contributed by atoms with Crippen molar-refractivity contribution >= 4 is 17.3 Å². The Hall–Kier alpha value is -1.96. The molecule has 2 atom stereocenters. The smallest absolute Gasteiger partial charge is 0.310 e. The summed E-state index contributed by atoms with van der Waals surface area (Å²) in [7, 11) is 0. The highest BCUT2D eigenvalue weighted by molar-refractivity contribution is 7.07. The Labute approximate surface area is 168 Å². The van der Waals surface area contributed by atoms with Gasteiger partial charge in [-0.25, -0.2) is 4.39 Å². The van der Waals surface area contributed by atoms with Crippen LogP contribution >= 0.6 is 11.3 Å². The largest absolute Gasteiger partial charge is 0.466 e. The number of hydrogen-bond acceptors (Lipinski definition) is 6. The van der Waals surface area contributed by atoms with Crippen molar-refractivity contribution in [1.82, 2.24) is 4.90 Å². The molecule has 7 heteroatoms. The normalized spacial score (nSPS) is 22.4. The Morgan fingerprint density at radius 1 is 1.43 bits per heavy atom. The fourth-order valence-electron chi connectivity index (χ4n) is 3.86. The molecule has 0 N–H and O–H groups in total. The van der Waals surface area contributed by atoms with Crippen LogP contribution in [0, 0.1) is 11.7 Å². The highest BCUT2D eigenvalue weighted by Crippen LogP contribution is 2.38. The van der Waals surface area contributed by atoms with Gasteiger partial charge in [0.2, 0.25) is 6.29 Å². The second kappa shape index (κ2) is 8.59. The number of esters is 1. The van der Waals surface area contributed by atoms with Crippen LogP contribution in [-0.2, 0) is 27.4 Å². The van der Waals surface area contributed by atoms with E-state index in [-0.39, 0.29) is 17.7 Å². The molecule has 0 amide bonds. The molecule has 1 fully saturated rings. The van der Waals surface area contributed by atoms with Crippen LogP contribution in [0.2, 0.25) is 0 Å². The molecule has 1 aromatic carbocycles. The second-order valence-electron chi connectivity index (χ2n) is 7.20. The molecule has 5 nitrogen and oxygen atoms in total. The van der Waals surface area contributed by atoms with E-state index in [9.17, 15) is 9.18 Å². The molecule has 28 heavy (non-hydrogen) atoms. The van der Waals surface area contributed by atoms with E-state index in [1.54, 1.807) is 11.3 Å². The molecule has 0 spiro atoms. The first-order valence-electron chi connectivity index (χ1n) is 9.64. The van der Waals surface area contributed by atoms with E-state index >= 15 is 0 Å². The van der Waals surface area contributed by atoms with E-state index in [1.807, 2.05) is 23.8 Å². The van der Waals surface area contributed by atoms with Crippen LogP contribution in [0.3, 0.4) is 0 Å². The number of thiophene rings is 1. The number of piperidine rings is 1. The molecule has 0 bridgehead atoms. The number of halogens is 1. The Bertz CT molecular complexity index is 826. The Kier molecular flexibility index (Phi) is 5.94. The molecule has 3 heterocycles. The highest BCUT2D eigenvalue weighted by atomic mass is 32.1. The van der Waals surface area contributed by atoms with Crippen molar-refractivity contribution < 1.29 is 23.4 Å². The summed E-state index contributed by atoms with van der Waals surface area (Å²) < 4.78 is 31.2. The minimum absolute atomic E-state index is 0.124. The van der Waals surface area contributed by atoms with Gasteiger partial charge in [0.1, 0.15) is 11.6 Å². The summed E-state index contributed by atoms with van der Waals surface area (Å²) in [6, 6.07) is 4.97. The van der Waals surface area contributed by atoms with Crippen molar-refractivity contribution in [3.05, 3.63) is 51.5 Å². The van der Waals surface area contributed by atoms with Gasteiger partial charge in [0.15, 0.2) is 0 Å². The van der Waals surface area contributed by atoms with Gasteiger partial charge in [-0.05, 0) is 49.9 Å². The van der Waals surface area contributed by atoms with Crippen LogP contribution < -0.4 is 4.74 Å². The SMILES string of the molecule is CCOC(=O)C1CCCN(Cc2cc(F)cc3c2OC(c2ccsc2)OC3)C1. The number of hydrogen-bond donors (Lipinski definition) is 0. The number of carbonyl (C=O) groups is 1. The Morgan fingerprint density at radius 2 is 2.32 bits per heavy atom. The van der Waals surface area contributed by atoms with Gasteiger partial charge in [0, 0.05) is 35.2 Å². The summed E-state index contributed by atoms with van der Waals surface area (Å²) in [4.78, 5) is 14.3. The average Bonchev–Trinajstić information content (AvgIpc) is 3.23. The molecule has 2 aliphatic heterocycles. The number of nitrogens with zero attached hydrogens (tertiary/aromatic N) is 1. The van der Waals surface area contributed by atoms with E-state index in [4.69, 9.17) is 14.2 Å². The topological polar surface area (TPSA) is 48.0 Å². The van der Waals surface area contributed by atoms with E-state index < -0.39 is 6.29 Å². The molecule has 0 saturated carbocycles. The first-order chi connectivity index (χ1) is 13.6. The summed E-state index contributed by atoms with van der Waals surface area (Å²) in [6.07, 6.45) is 1.28. The maximum atomic E-state index is 14.2. The summed E-state index contributed by atoms with van der Waals surface area (Å²) in [6.45, 7) is 4.55. The van der Waals surface area contributed by atoms with Gasteiger partial charge in [-0.3, -0.25) is 9.69 Å². The van der Waals surface area contributed by atoms with Gasteiger partial charge in [-0.15, -0.1) is 0 Å². The molecule has 1 saturated heterocycles. The van der Waals surface area contributed by atoms with E-state index in [2.05, 4.69) is 4.90 Å². The maximum absolute atomic E-state index is 14.2. The monoisotopic (exact) mass is 405 g/mol. The molecule has 0 radical (unpaired) electrons. The van der Waals surface area contributed by atoms with E-state index in [0.29, 0.717) is 32.1 Å². The number of ether oxygens (including phenoxy) is 3. The lowest BCUT2D eigenvalue weighted by atomic mass is 9.97. The number of fused-ring (bicyclic) bond motifs is 1. The van der Waals surface area contributed by atoms with Crippen LogP contribution in [0.1, 0.15) is 42.7 Å². The van der Waals surface area contributed by atoms with Gasteiger partial charge < -0.3 is 14.2 Å². The Balaban J connectivity index is 1.52. The van der Waals surface area contributed by atoms with Crippen LogP contribution in [0.4, 0.5) is 4.39 Å². The number of benzene rings is 1. The standard InChI is InChI=1S/C21H24FNO4S/c1-2-25-20(24)14-4-3-6-23(10-14)11-16-8-18(22)9-17-12-26-21(27-19(16)17)15-5-7-28-13-15/h5,7-9,13-14,21H,2-4,6,10-12H2,1H3. The third kappa shape index (κ3) is 4.21. The molecule has 2 unspecified atom stereocenters. The van der Waals surface area contributed by atoms with Gasteiger partial charge in [0.25, 0.3) is 0 Å². The average molecular weight is 405 g/mol. The minimum Gasteiger partial charge on any atom is -0.466 e. The predicted octanol–water partition coefficient (Wildman–Crippen LogP) is 4.27. The van der Waals surface area contributed by atoms with Crippen molar-refractivity contribution in [2.45, 2.75) is 39.2 Å². The third-order valence-electron chi connectivity index (χ3n) is 5.16. The Morgan fingerprint density at radius 3 is 3.11 bits per heavy atom. The number of carbonyl (C=O) groups excluding carboxylic acids is 1. The zero-order chi connectivity index (χ0) is 19.5. The van der Waals surface area contributed by atoms with Crippen molar-refractivity contribution in [3.63, 3.8) is 0 Å². The van der Waals surface area contributed by atoms with Gasteiger partial charge in [-0.1, -0.05) is 0 Å². The molecule has 150 valence electrons. The molecule has 0 aliphatic carbocycles. The van der Waals surface area contributed by atoms with Crippen molar-refractivity contribution in [2.75, 3.05) is 19.7 Å². The molecular formula is C21H24FNO4S. The minimum atomic E-state index is -0.475. The highest BCUT2D eigenvalue weighted by Gasteiger charge is 2.30. The van der Waals surface area contributed by atoms with Crippen molar-refractivity contribution in [2.24, 2.45) is 5.92 Å². The summed E-state index contributed by atoms with van der Waals surface area (Å²) >= 11 is 1.58. The summed E-state index contributed by atoms with van der Waals surface area (Å²) in [5.74, 6) is 0.132. The predicted molar refractivity (Wildman–Crippen MR) is 104 cm³/mol. The summed E-state index contributed by atoms with van der Waals surface area (Å²) in [5, 5.41) is 3.97. The summed E-state index contributed by atoms with van der Waals surface area (Å²) in [5.41, 5.74) is 2.48. The molecule has 2 aliphatic rings. The van der Waals surface area contributed by atoms with Crippen LogP contribution in [0.15, 0.2) is 29.0 Å². The fourth-order valence-corrected chi connectivity index (χ4v) is 4.52. The lowest BCUT2D eigenvalue weighted by molar-refractivity contribution is -0.150. The van der Waals surface area contributed by atoms with Gasteiger partial charge in [-0.2, -0.15) is 11.3 Å². The fraction of sp³-hybridized carbons (Fsp3) is 0.476. The quantitative estimate of drug-likeness (QED) is 0.696. The van der Waals surface area contributed by atoms with Crippen LogP contribution in [0.5, 0.6) is 5.75 Å². The number of likely N-dealkylation sites (tertiary alicyclic amines) is 1. The molecular weight excluding hydrogens is 381 g/mol. The third-order valence-corrected chi connectivity index (χ3v) is 5.86. The van der Waals surface area contributed by atoms with Crippen molar-refractivity contribution in [3.8, 4) is 5.75 Å². The lowest BCUT2D eigenvalue weighted by Gasteiger charge is -2.33. The molecule has 4 rings (SSSR count). The zero-order valence-corrected chi connectivity index (χ0v) is 16.7. The zero-order valence-electron chi connectivity index (χ0n) is 15.9. The maximum Gasteiger partial charge on any atom is 0.310 e. The van der Waals surface area contributed by atoms with Crippen LogP contribution in [-0.4, -0.2) is 30.6 Å². The molecule has 1 aromatic heterocycles. The first-order valence-corrected chi connectivity index (χ1v) is 10.6. The second-order valence-corrected chi connectivity index (χ2v) is 7.98. The number of rotatable bonds is 5.